The SMILES string of the molecule is Cc1ccc2c(c1)nc(OCC1CCCO1)n2C1CCN(C(=O)C2(F)CCN(Cc3cnc(N)nc3)CC2)CC1. The maximum atomic E-state index is 15.9. The molecule has 1 aromatic carbocycles. The highest BCUT2D eigenvalue weighted by Gasteiger charge is 2.45. The number of benzene rings is 1. The van der Waals surface area contributed by atoms with Crippen LogP contribution in [-0.2, 0) is 16.1 Å². The van der Waals surface area contributed by atoms with Crippen LogP contribution in [-0.4, -0.2) is 86.4 Å². The number of rotatable bonds is 7. The number of fused-ring (bicyclic) bond motifs is 1. The predicted molar refractivity (Wildman–Crippen MR) is 149 cm³/mol. The fraction of sp³-hybridized carbons (Fsp3) is 0.586. The number of carbonyl (C=O) groups excluding carboxylic acids is 1. The van der Waals surface area contributed by atoms with E-state index in [4.69, 9.17) is 20.2 Å². The standard InChI is InChI=1S/C29H38FN7O3/c1-20-4-5-25-24(15-20)34-28(40-19-23-3-2-14-39-23)37(25)22-6-10-36(11-7-22)26(38)29(30)8-12-35(13-9-29)18-21-16-32-27(31)33-17-21/h4-5,15-17,22-23H,2-3,6-14,18-19H2,1H3,(H2,31,32,33). The molecule has 11 heteroatoms. The summed E-state index contributed by atoms with van der Waals surface area (Å²) in [6.07, 6.45) is 7.36. The Bertz CT molecular complexity index is 1330. The first-order chi connectivity index (χ1) is 19.4. The first-order valence-corrected chi connectivity index (χ1v) is 14.4. The second-order valence-electron chi connectivity index (χ2n) is 11.4. The normalized spacial score (nSPS) is 22.1. The maximum absolute atomic E-state index is 15.9. The molecule has 10 nitrogen and oxygen atoms in total. The molecule has 1 atom stereocenters. The fourth-order valence-corrected chi connectivity index (χ4v) is 6.18. The van der Waals surface area contributed by atoms with Crippen LogP contribution < -0.4 is 10.5 Å². The van der Waals surface area contributed by atoms with Crippen LogP contribution in [0.1, 0.15) is 55.7 Å². The van der Waals surface area contributed by atoms with Crippen LogP contribution in [0.2, 0.25) is 0 Å². The third kappa shape index (κ3) is 5.62. The minimum absolute atomic E-state index is 0.0986. The summed E-state index contributed by atoms with van der Waals surface area (Å²) in [6.45, 7) is 5.97. The van der Waals surface area contributed by atoms with Gasteiger partial charge in [-0.25, -0.2) is 14.4 Å². The quantitative estimate of drug-likeness (QED) is 0.475. The summed E-state index contributed by atoms with van der Waals surface area (Å²) in [4.78, 5) is 30.1. The molecule has 3 aromatic rings. The molecule has 1 unspecified atom stereocenters. The number of aryl methyl sites for hydroxylation is 1. The van der Waals surface area contributed by atoms with Crippen molar-refractivity contribution in [2.24, 2.45) is 0 Å². The summed E-state index contributed by atoms with van der Waals surface area (Å²) in [5, 5.41) is 0. The van der Waals surface area contributed by atoms with Gasteiger partial charge in [0, 0.05) is 76.2 Å². The molecule has 1 amide bonds. The van der Waals surface area contributed by atoms with Crippen molar-refractivity contribution in [3.05, 3.63) is 41.7 Å². The molecule has 3 saturated heterocycles. The lowest BCUT2D eigenvalue weighted by atomic mass is 9.90. The lowest BCUT2D eigenvalue weighted by Crippen LogP contribution is -2.53. The molecule has 3 aliphatic rings. The molecule has 0 radical (unpaired) electrons. The largest absolute Gasteiger partial charge is 0.462 e. The third-order valence-corrected chi connectivity index (χ3v) is 8.52. The molecule has 3 aliphatic heterocycles. The summed E-state index contributed by atoms with van der Waals surface area (Å²) in [7, 11) is 0. The Hall–Kier alpha value is -3.31. The number of imidazole rings is 1. The Morgan fingerprint density at radius 3 is 2.60 bits per heavy atom. The number of halogens is 1. The minimum atomic E-state index is -1.82. The van der Waals surface area contributed by atoms with E-state index in [9.17, 15) is 4.79 Å². The van der Waals surface area contributed by atoms with Gasteiger partial charge in [-0.05, 0) is 50.3 Å². The first kappa shape index (κ1) is 26.9. The van der Waals surface area contributed by atoms with E-state index >= 15 is 4.39 Å². The topological polar surface area (TPSA) is 112 Å². The highest BCUT2D eigenvalue weighted by Crippen LogP contribution is 2.35. The lowest BCUT2D eigenvalue weighted by molar-refractivity contribution is -0.148. The predicted octanol–water partition coefficient (Wildman–Crippen LogP) is 3.44. The van der Waals surface area contributed by atoms with Crippen LogP contribution in [0, 0.1) is 6.92 Å². The van der Waals surface area contributed by atoms with Gasteiger partial charge in [0.2, 0.25) is 5.95 Å². The number of hydrogen-bond donors (Lipinski definition) is 1. The molecule has 2 aromatic heterocycles. The molecular formula is C29H38FN7O3. The molecule has 0 bridgehead atoms. The third-order valence-electron chi connectivity index (χ3n) is 8.52. The van der Waals surface area contributed by atoms with Gasteiger partial charge in [-0.1, -0.05) is 6.07 Å². The van der Waals surface area contributed by atoms with Crippen molar-refractivity contribution >= 4 is 22.9 Å². The zero-order chi connectivity index (χ0) is 27.7. The molecule has 40 heavy (non-hydrogen) atoms. The number of carbonyl (C=O) groups is 1. The number of nitrogens with zero attached hydrogens (tertiary/aromatic N) is 6. The van der Waals surface area contributed by atoms with Crippen LogP contribution >= 0.6 is 0 Å². The average Bonchev–Trinajstić information content (AvgIpc) is 3.61. The smallest absolute Gasteiger partial charge is 0.297 e. The zero-order valence-corrected chi connectivity index (χ0v) is 23.1. The van der Waals surface area contributed by atoms with E-state index in [1.165, 1.54) is 0 Å². The van der Waals surface area contributed by atoms with E-state index in [1.807, 2.05) is 0 Å². The number of hydrogen-bond acceptors (Lipinski definition) is 8. The van der Waals surface area contributed by atoms with Gasteiger partial charge in [0.05, 0.1) is 17.1 Å². The van der Waals surface area contributed by atoms with Crippen LogP contribution in [0.5, 0.6) is 6.01 Å². The molecule has 5 heterocycles. The Morgan fingerprint density at radius 1 is 1.15 bits per heavy atom. The van der Waals surface area contributed by atoms with Gasteiger partial charge in [-0.2, -0.15) is 4.98 Å². The van der Waals surface area contributed by atoms with Crippen LogP contribution in [0.4, 0.5) is 10.3 Å². The van der Waals surface area contributed by atoms with Crippen LogP contribution in [0.15, 0.2) is 30.6 Å². The van der Waals surface area contributed by atoms with Crippen LogP contribution in [0.25, 0.3) is 11.0 Å². The van der Waals surface area contributed by atoms with Crippen LogP contribution in [0.3, 0.4) is 0 Å². The van der Waals surface area contributed by atoms with Crippen molar-refractivity contribution in [3.8, 4) is 6.01 Å². The number of ether oxygens (including phenoxy) is 2. The van der Waals surface area contributed by atoms with Crippen molar-refractivity contribution in [1.29, 1.82) is 0 Å². The number of piperidine rings is 2. The minimum Gasteiger partial charge on any atom is -0.462 e. The summed E-state index contributed by atoms with van der Waals surface area (Å²) in [6, 6.07) is 6.97. The number of aromatic nitrogens is 4. The monoisotopic (exact) mass is 551 g/mol. The molecule has 0 saturated carbocycles. The zero-order valence-electron chi connectivity index (χ0n) is 23.1. The second kappa shape index (κ2) is 11.3. The highest BCUT2D eigenvalue weighted by molar-refractivity contribution is 5.85. The van der Waals surface area contributed by atoms with Gasteiger partial charge >= 0.3 is 0 Å². The second-order valence-corrected chi connectivity index (χ2v) is 11.4. The molecule has 0 spiro atoms. The van der Waals surface area contributed by atoms with E-state index in [1.54, 1.807) is 17.3 Å². The molecule has 0 aliphatic carbocycles. The van der Waals surface area contributed by atoms with Gasteiger partial charge in [0.25, 0.3) is 11.9 Å². The Labute approximate surface area is 233 Å². The van der Waals surface area contributed by atoms with Crippen molar-refractivity contribution in [2.75, 3.05) is 45.1 Å². The number of alkyl halides is 1. The summed E-state index contributed by atoms with van der Waals surface area (Å²) in [5.41, 5.74) is 7.74. The molecule has 2 N–H and O–H groups in total. The first-order valence-electron chi connectivity index (χ1n) is 14.4. The Balaban J connectivity index is 1.08. The van der Waals surface area contributed by atoms with Crippen molar-refractivity contribution in [2.45, 2.75) is 69.8 Å². The Kier molecular flexibility index (Phi) is 7.59. The van der Waals surface area contributed by atoms with E-state index in [0.717, 1.165) is 54.5 Å². The van der Waals surface area contributed by atoms with Crippen molar-refractivity contribution in [1.82, 2.24) is 29.3 Å². The highest BCUT2D eigenvalue weighted by atomic mass is 19.1. The molecular weight excluding hydrogens is 513 g/mol. The Morgan fingerprint density at radius 2 is 1.90 bits per heavy atom. The lowest BCUT2D eigenvalue weighted by Gasteiger charge is -2.40. The van der Waals surface area contributed by atoms with Gasteiger partial charge in [0.1, 0.15) is 6.61 Å². The van der Waals surface area contributed by atoms with E-state index in [-0.39, 0.29) is 36.8 Å². The van der Waals surface area contributed by atoms with Gasteiger partial charge in [-0.15, -0.1) is 0 Å². The molecule has 6 rings (SSSR count). The number of anilines is 1. The number of likely N-dealkylation sites (tertiary alicyclic amines) is 2. The summed E-state index contributed by atoms with van der Waals surface area (Å²) >= 11 is 0. The maximum Gasteiger partial charge on any atom is 0.297 e. The van der Waals surface area contributed by atoms with Gasteiger partial charge in [0.15, 0.2) is 5.67 Å². The number of amides is 1. The van der Waals surface area contributed by atoms with Crippen molar-refractivity contribution < 1.29 is 18.7 Å². The van der Waals surface area contributed by atoms with E-state index < -0.39 is 5.67 Å². The van der Waals surface area contributed by atoms with Gasteiger partial charge in [-0.3, -0.25) is 14.3 Å². The van der Waals surface area contributed by atoms with E-state index in [2.05, 4.69) is 44.6 Å². The number of nitrogens with two attached hydrogens (primary N) is 1. The number of nitrogen functional groups attached to an aromatic ring is 1. The summed E-state index contributed by atoms with van der Waals surface area (Å²) in [5.74, 6) is -0.138. The fourth-order valence-electron chi connectivity index (χ4n) is 6.18. The van der Waals surface area contributed by atoms with Crippen molar-refractivity contribution in [3.63, 3.8) is 0 Å². The summed E-state index contributed by atoms with van der Waals surface area (Å²) < 4.78 is 30.1. The molecule has 3 fully saturated rings. The van der Waals surface area contributed by atoms with E-state index in [0.29, 0.717) is 45.3 Å². The average molecular weight is 552 g/mol. The molecule has 214 valence electrons. The van der Waals surface area contributed by atoms with Gasteiger partial charge < -0.3 is 20.1 Å².